The van der Waals surface area contributed by atoms with Crippen LogP contribution in [0.2, 0.25) is 5.02 Å². The first-order valence-electron chi connectivity index (χ1n) is 11.0. The molecule has 0 spiro atoms. The molecule has 2 amide bonds. The summed E-state index contributed by atoms with van der Waals surface area (Å²) in [6.45, 7) is 0.893. The Morgan fingerprint density at radius 2 is 1.97 bits per heavy atom. The quantitative estimate of drug-likeness (QED) is 0.319. The molecule has 3 heterocycles. The van der Waals surface area contributed by atoms with E-state index in [9.17, 15) is 14.0 Å². The number of Topliss-reactive ketones (excluding diaryl/α,β-unsaturated/α-hetero) is 1. The lowest BCUT2D eigenvalue weighted by Crippen LogP contribution is -2.22. The molecule has 0 radical (unpaired) electrons. The summed E-state index contributed by atoms with van der Waals surface area (Å²) < 4.78 is 20.5. The number of hydrogen-bond donors (Lipinski definition) is 3. The first-order chi connectivity index (χ1) is 17.4. The van der Waals surface area contributed by atoms with Gasteiger partial charge in [0.2, 0.25) is 0 Å². The van der Waals surface area contributed by atoms with Crippen molar-refractivity contribution < 1.29 is 18.7 Å². The van der Waals surface area contributed by atoms with Crippen LogP contribution in [0.5, 0.6) is 11.5 Å². The number of ether oxygens (including phenoxy) is 1. The van der Waals surface area contributed by atoms with Crippen LogP contribution in [0.4, 0.5) is 26.2 Å². The molecule has 2 aromatic carbocycles. The zero-order valence-electron chi connectivity index (χ0n) is 18.8. The minimum atomic E-state index is -0.672. The number of aromatic amines is 1. The van der Waals surface area contributed by atoms with E-state index in [2.05, 4.69) is 25.8 Å². The zero-order chi connectivity index (χ0) is 25.1. The second-order valence-electron chi connectivity index (χ2n) is 8.09. The molecule has 2 aromatic heterocycles. The number of hydrogen-bond acceptors (Lipinski definition) is 6. The standard InChI is InChI=1S/C25H20ClFN6O3/c26-16-7-17(9-18(8-16)33-6-4-19(34)14-33)31-25(35)32-23-2-1-20(10-22(23)27)36-21-3-5-28-24(11-21)15-12-29-30-13-15/h1-3,5,7-13H,4,6,14H2,(H,29,30)(H2,31,32,35). The van der Waals surface area contributed by atoms with Gasteiger partial charge in [0.1, 0.15) is 17.3 Å². The molecular formula is C25H20ClFN6O3. The number of aromatic nitrogens is 3. The molecule has 0 atom stereocenters. The van der Waals surface area contributed by atoms with Gasteiger partial charge in [-0.15, -0.1) is 0 Å². The molecule has 1 fully saturated rings. The number of carbonyl (C=O) groups excluding carboxylic acids is 2. The molecule has 1 saturated heterocycles. The predicted molar refractivity (Wildman–Crippen MR) is 134 cm³/mol. The molecule has 0 saturated carbocycles. The lowest BCUT2D eigenvalue weighted by Gasteiger charge is -2.18. The SMILES string of the molecule is O=C1CCN(c2cc(Cl)cc(NC(=O)Nc3ccc(Oc4ccnc(-c5cn[nH]c5)c4)cc3F)c2)C1. The van der Waals surface area contributed by atoms with Crippen molar-refractivity contribution in [1.29, 1.82) is 0 Å². The van der Waals surface area contributed by atoms with Gasteiger partial charge in [-0.3, -0.25) is 14.9 Å². The van der Waals surface area contributed by atoms with Gasteiger partial charge in [-0.05, 0) is 36.4 Å². The third kappa shape index (κ3) is 5.44. The molecule has 4 aromatic rings. The first-order valence-corrected chi connectivity index (χ1v) is 11.4. The second-order valence-corrected chi connectivity index (χ2v) is 8.53. The topological polar surface area (TPSA) is 112 Å². The summed E-state index contributed by atoms with van der Waals surface area (Å²) >= 11 is 6.19. The minimum Gasteiger partial charge on any atom is -0.457 e. The van der Waals surface area contributed by atoms with Gasteiger partial charge in [-0.25, -0.2) is 9.18 Å². The van der Waals surface area contributed by atoms with Crippen LogP contribution >= 0.6 is 11.6 Å². The highest BCUT2D eigenvalue weighted by atomic mass is 35.5. The van der Waals surface area contributed by atoms with Crippen LogP contribution in [-0.4, -0.2) is 40.1 Å². The molecule has 36 heavy (non-hydrogen) atoms. The fourth-order valence-corrected chi connectivity index (χ4v) is 4.01. The first kappa shape index (κ1) is 23.3. The van der Waals surface area contributed by atoms with Crippen molar-refractivity contribution >= 4 is 40.5 Å². The molecule has 1 aliphatic heterocycles. The Balaban J connectivity index is 1.24. The fraction of sp³-hybridized carbons (Fsp3) is 0.120. The number of urea groups is 1. The molecule has 0 bridgehead atoms. The minimum absolute atomic E-state index is 0.0268. The van der Waals surface area contributed by atoms with Gasteiger partial charge >= 0.3 is 6.03 Å². The summed E-state index contributed by atoms with van der Waals surface area (Å²) in [6, 6.07) is 11.8. The Labute approximate surface area is 210 Å². The lowest BCUT2D eigenvalue weighted by atomic mass is 10.2. The van der Waals surface area contributed by atoms with Gasteiger partial charge in [0.15, 0.2) is 5.78 Å². The Kier molecular flexibility index (Phi) is 6.50. The Morgan fingerprint density at radius 1 is 1.11 bits per heavy atom. The second kappa shape index (κ2) is 10.0. The van der Waals surface area contributed by atoms with Crippen molar-refractivity contribution in [2.75, 3.05) is 28.6 Å². The maximum Gasteiger partial charge on any atom is 0.323 e. The highest BCUT2D eigenvalue weighted by Crippen LogP contribution is 2.29. The van der Waals surface area contributed by atoms with Gasteiger partial charge in [-0.1, -0.05) is 11.6 Å². The average molecular weight is 507 g/mol. The van der Waals surface area contributed by atoms with Crippen LogP contribution in [0.1, 0.15) is 6.42 Å². The number of benzene rings is 2. The number of anilines is 3. The number of pyridine rings is 1. The van der Waals surface area contributed by atoms with Gasteiger partial charge in [0.05, 0.1) is 24.1 Å². The number of amides is 2. The van der Waals surface area contributed by atoms with E-state index in [4.69, 9.17) is 16.3 Å². The summed E-state index contributed by atoms with van der Waals surface area (Å²) in [6.07, 6.45) is 5.39. The lowest BCUT2D eigenvalue weighted by molar-refractivity contribution is -0.116. The summed E-state index contributed by atoms with van der Waals surface area (Å²) in [4.78, 5) is 30.3. The van der Waals surface area contributed by atoms with E-state index in [0.29, 0.717) is 41.7 Å². The number of halogens is 2. The van der Waals surface area contributed by atoms with Crippen LogP contribution < -0.4 is 20.3 Å². The van der Waals surface area contributed by atoms with Gasteiger partial charge in [0, 0.05) is 59.5 Å². The molecule has 182 valence electrons. The molecule has 9 nitrogen and oxygen atoms in total. The van der Waals surface area contributed by atoms with Crippen molar-refractivity contribution in [2.24, 2.45) is 0 Å². The number of rotatable bonds is 6. The van der Waals surface area contributed by atoms with Crippen LogP contribution in [0.3, 0.4) is 0 Å². The van der Waals surface area contributed by atoms with E-state index < -0.39 is 11.8 Å². The number of nitrogens with one attached hydrogen (secondary N) is 3. The molecule has 5 rings (SSSR count). The summed E-state index contributed by atoms with van der Waals surface area (Å²) in [5.41, 5.74) is 2.56. The van der Waals surface area contributed by atoms with E-state index in [0.717, 1.165) is 11.3 Å². The molecule has 11 heteroatoms. The molecule has 1 aliphatic rings. The van der Waals surface area contributed by atoms with Gasteiger partial charge < -0.3 is 20.3 Å². The summed E-state index contributed by atoms with van der Waals surface area (Å²) in [7, 11) is 0. The fourth-order valence-electron chi connectivity index (χ4n) is 3.78. The highest BCUT2D eigenvalue weighted by molar-refractivity contribution is 6.31. The third-order valence-corrected chi connectivity index (χ3v) is 5.70. The molecule has 0 unspecified atom stereocenters. The number of nitrogens with zero attached hydrogens (tertiary/aromatic N) is 3. The van der Waals surface area contributed by atoms with E-state index in [1.165, 1.54) is 12.1 Å². The molecule has 3 N–H and O–H groups in total. The highest BCUT2D eigenvalue weighted by Gasteiger charge is 2.20. The Bertz CT molecular complexity index is 1430. The third-order valence-electron chi connectivity index (χ3n) is 5.48. The number of H-pyrrole nitrogens is 1. The van der Waals surface area contributed by atoms with Gasteiger partial charge in [0.25, 0.3) is 0 Å². The van der Waals surface area contributed by atoms with E-state index in [1.54, 1.807) is 55.0 Å². The Morgan fingerprint density at radius 3 is 2.72 bits per heavy atom. The number of carbonyl (C=O) groups is 2. The maximum atomic E-state index is 14.7. The van der Waals surface area contributed by atoms with E-state index in [1.807, 2.05) is 4.90 Å². The maximum absolute atomic E-state index is 14.7. The van der Waals surface area contributed by atoms with E-state index in [-0.39, 0.29) is 17.2 Å². The number of ketones is 1. The summed E-state index contributed by atoms with van der Waals surface area (Å²) in [5.74, 6) is 0.194. The van der Waals surface area contributed by atoms with Crippen LogP contribution in [0.25, 0.3) is 11.3 Å². The van der Waals surface area contributed by atoms with Crippen molar-refractivity contribution in [2.45, 2.75) is 6.42 Å². The van der Waals surface area contributed by atoms with Crippen LogP contribution in [0, 0.1) is 5.82 Å². The normalized spacial score (nSPS) is 13.1. The van der Waals surface area contributed by atoms with Crippen LogP contribution in [-0.2, 0) is 4.79 Å². The Hall–Kier alpha value is -4.44. The van der Waals surface area contributed by atoms with Gasteiger partial charge in [-0.2, -0.15) is 5.10 Å². The largest absolute Gasteiger partial charge is 0.457 e. The smallest absolute Gasteiger partial charge is 0.323 e. The van der Waals surface area contributed by atoms with E-state index >= 15 is 0 Å². The monoisotopic (exact) mass is 506 g/mol. The molecular weight excluding hydrogens is 487 g/mol. The zero-order valence-corrected chi connectivity index (χ0v) is 19.6. The van der Waals surface area contributed by atoms with Crippen molar-refractivity contribution in [1.82, 2.24) is 15.2 Å². The van der Waals surface area contributed by atoms with Crippen molar-refractivity contribution in [3.8, 4) is 22.8 Å². The van der Waals surface area contributed by atoms with Crippen molar-refractivity contribution in [3.63, 3.8) is 0 Å². The van der Waals surface area contributed by atoms with Crippen LogP contribution in [0.15, 0.2) is 67.1 Å². The summed E-state index contributed by atoms with van der Waals surface area (Å²) in [5, 5.41) is 12.2. The average Bonchev–Trinajstić information content (AvgIpc) is 3.53. The predicted octanol–water partition coefficient (Wildman–Crippen LogP) is 5.48. The van der Waals surface area contributed by atoms with Crippen molar-refractivity contribution in [3.05, 3.63) is 78.0 Å². The molecule has 0 aliphatic carbocycles.